The first-order valence-electron chi connectivity index (χ1n) is 13.1. The number of thiazole rings is 1. The highest BCUT2D eigenvalue weighted by Crippen LogP contribution is 2.32. The maximum atomic E-state index is 13.0. The van der Waals surface area contributed by atoms with Gasteiger partial charge in [-0.05, 0) is 86.0 Å². The summed E-state index contributed by atoms with van der Waals surface area (Å²) in [6.45, 7) is 3.61. The second kappa shape index (κ2) is 10.8. The molecule has 3 aromatic carbocycles. The highest BCUT2D eigenvalue weighted by molar-refractivity contribution is 7.21. The molecule has 0 radical (unpaired) electrons. The van der Waals surface area contributed by atoms with Gasteiger partial charge in [0.05, 0.1) is 23.0 Å². The summed E-state index contributed by atoms with van der Waals surface area (Å²) in [7, 11) is 1.65. The number of aryl methyl sites for hydroxylation is 1. The lowest BCUT2D eigenvalue weighted by Gasteiger charge is -2.31. The fourth-order valence-corrected chi connectivity index (χ4v) is 6.03. The van der Waals surface area contributed by atoms with Crippen LogP contribution in [0.2, 0.25) is 0 Å². The van der Waals surface area contributed by atoms with Gasteiger partial charge in [0.2, 0.25) is 5.91 Å². The van der Waals surface area contributed by atoms with Gasteiger partial charge in [-0.15, -0.1) is 21.5 Å². The summed E-state index contributed by atoms with van der Waals surface area (Å²) in [5.41, 5.74) is 5.80. The Morgan fingerprint density at radius 1 is 0.974 bits per heavy atom. The number of amides is 1. The van der Waals surface area contributed by atoms with Crippen LogP contribution in [-0.4, -0.2) is 41.3 Å². The van der Waals surface area contributed by atoms with E-state index in [0.29, 0.717) is 0 Å². The molecule has 0 bridgehead atoms. The first-order chi connectivity index (χ1) is 19.1. The van der Waals surface area contributed by atoms with Crippen molar-refractivity contribution >= 4 is 39.0 Å². The topological polar surface area (TPSA) is 80.2 Å². The van der Waals surface area contributed by atoms with Gasteiger partial charge in [-0.2, -0.15) is 0 Å². The number of carbonyl (C=O) groups is 1. The number of hydrogen-bond acceptors (Lipinski definition) is 7. The van der Waals surface area contributed by atoms with Gasteiger partial charge in [0.1, 0.15) is 10.8 Å². The first kappa shape index (κ1) is 25.0. The largest absolute Gasteiger partial charge is 0.496 e. The third-order valence-corrected chi connectivity index (χ3v) is 8.23. The van der Waals surface area contributed by atoms with E-state index in [0.717, 1.165) is 70.5 Å². The van der Waals surface area contributed by atoms with Gasteiger partial charge in [-0.3, -0.25) is 4.79 Å². The van der Waals surface area contributed by atoms with Crippen LogP contribution >= 0.6 is 11.3 Å². The number of hydrogen-bond donors (Lipinski definition) is 1. The fourth-order valence-electron chi connectivity index (χ4n) is 4.96. The monoisotopic (exact) mass is 535 g/mol. The van der Waals surface area contributed by atoms with Crippen LogP contribution < -0.4 is 15.0 Å². The van der Waals surface area contributed by atoms with Crippen LogP contribution in [0.5, 0.6) is 5.75 Å². The van der Waals surface area contributed by atoms with Crippen molar-refractivity contribution in [3.63, 3.8) is 0 Å². The molecule has 0 unspecified atom stereocenters. The molecule has 39 heavy (non-hydrogen) atoms. The molecule has 3 heterocycles. The highest BCUT2D eigenvalue weighted by Gasteiger charge is 2.26. The molecule has 0 aliphatic carbocycles. The quantitative estimate of drug-likeness (QED) is 0.264. The van der Waals surface area contributed by atoms with Crippen molar-refractivity contribution in [1.29, 1.82) is 0 Å². The van der Waals surface area contributed by atoms with E-state index in [1.165, 1.54) is 10.3 Å². The minimum absolute atomic E-state index is 0.0331. The molecule has 1 amide bonds. The Balaban J connectivity index is 1.05. The number of ether oxygens (including phenoxy) is 1. The predicted molar refractivity (Wildman–Crippen MR) is 157 cm³/mol. The number of rotatable bonds is 6. The van der Waals surface area contributed by atoms with Gasteiger partial charge in [0, 0.05) is 35.8 Å². The zero-order valence-electron chi connectivity index (χ0n) is 21.9. The first-order valence-corrected chi connectivity index (χ1v) is 13.9. The van der Waals surface area contributed by atoms with Crippen LogP contribution in [-0.2, 0) is 4.79 Å². The summed E-state index contributed by atoms with van der Waals surface area (Å²) < 4.78 is 6.63. The number of carbonyl (C=O) groups excluding carboxylic acids is 1. The van der Waals surface area contributed by atoms with Gasteiger partial charge < -0.3 is 15.0 Å². The van der Waals surface area contributed by atoms with Crippen LogP contribution in [0.15, 0.2) is 78.9 Å². The number of benzene rings is 3. The maximum Gasteiger partial charge on any atom is 0.227 e. The molecule has 6 rings (SSSR count). The number of para-hydroxylation sites is 1. The zero-order chi connectivity index (χ0) is 26.8. The highest BCUT2D eigenvalue weighted by atomic mass is 32.1. The lowest BCUT2D eigenvalue weighted by Crippen LogP contribution is -2.38. The van der Waals surface area contributed by atoms with Crippen LogP contribution in [0.3, 0.4) is 0 Å². The smallest absolute Gasteiger partial charge is 0.227 e. The van der Waals surface area contributed by atoms with Crippen LogP contribution in [0.1, 0.15) is 18.4 Å². The van der Waals surface area contributed by atoms with Crippen LogP contribution in [0.4, 0.5) is 11.5 Å². The molecular formula is C31H29N5O2S. The van der Waals surface area contributed by atoms with Gasteiger partial charge >= 0.3 is 0 Å². The van der Waals surface area contributed by atoms with Crippen molar-refractivity contribution in [3.05, 3.63) is 84.4 Å². The van der Waals surface area contributed by atoms with Gasteiger partial charge in [-0.25, -0.2) is 4.98 Å². The Morgan fingerprint density at radius 3 is 2.51 bits per heavy atom. The Kier molecular flexibility index (Phi) is 6.94. The fraction of sp³-hybridized carbons (Fsp3) is 0.226. The average Bonchev–Trinajstić information content (AvgIpc) is 3.41. The molecule has 0 spiro atoms. The van der Waals surface area contributed by atoms with Crippen molar-refractivity contribution in [2.75, 3.05) is 30.4 Å². The van der Waals surface area contributed by atoms with Crippen LogP contribution in [0.25, 0.3) is 32.0 Å². The third-order valence-electron chi connectivity index (χ3n) is 7.17. The van der Waals surface area contributed by atoms with E-state index in [1.54, 1.807) is 18.4 Å². The van der Waals surface area contributed by atoms with E-state index in [2.05, 4.69) is 45.5 Å². The van der Waals surface area contributed by atoms with Crippen molar-refractivity contribution < 1.29 is 9.53 Å². The van der Waals surface area contributed by atoms with E-state index in [1.807, 2.05) is 60.7 Å². The number of anilines is 2. The molecule has 5 aromatic rings. The summed E-state index contributed by atoms with van der Waals surface area (Å²) in [6.07, 6.45) is 1.54. The molecule has 196 valence electrons. The number of fused-ring (bicyclic) bond motifs is 1. The van der Waals surface area contributed by atoms with Crippen molar-refractivity contribution in [3.8, 4) is 27.6 Å². The molecule has 7 nitrogen and oxygen atoms in total. The summed E-state index contributed by atoms with van der Waals surface area (Å²) in [4.78, 5) is 19.9. The van der Waals surface area contributed by atoms with Gasteiger partial charge in [0.15, 0.2) is 5.82 Å². The van der Waals surface area contributed by atoms with E-state index in [4.69, 9.17) is 9.72 Å². The standard InChI is InChI=1S/C31H29N5O2S/c1-20-7-12-26-28(19-20)39-31(33-26)22-8-10-23(11-9-22)32-30(37)21-15-17-36(18-16-21)29-14-13-25(34-35-29)24-5-3-4-6-27(24)38-2/h3-14,19,21H,15-18H2,1-2H3,(H,32,37). The van der Waals surface area contributed by atoms with E-state index in [9.17, 15) is 4.79 Å². The van der Waals surface area contributed by atoms with Gasteiger partial charge in [-0.1, -0.05) is 18.2 Å². The van der Waals surface area contributed by atoms with Crippen molar-refractivity contribution in [1.82, 2.24) is 15.2 Å². The van der Waals surface area contributed by atoms with E-state index < -0.39 is 0 Å². The lowest BCUT2D eigenvalue weighted by molar-refractivity contribution is -0.120. The molecule has 2 aromatic heterocycles. The molecule has 1 N–H and O–H groups in total. The summed E-state index contributed by atoms with van der Waals surface area (Å²) in [6, 6.07) is 26.0. The number of nitrogens with zero attached hydrogens (tertiary/aromatic N) is 4. The average molecular weight is 536 g/mol. The molecule has 1 aliphatic rings. The minimum Gasteiger partial charge on any atom is -0.496 e. The second-order valence-corrected chi connectivity index (χ2v) is 10.8. The Morgan fingerprint density at radius 2 is 1.77 bits per heavy atom. The lowest BCUT2D eigenvalue weighted by atomic mass is 9.95. The molecule has 8 heteroatoms. The normalized spacial score (nSPS) is 13.9. The molecule has 1 fully saturated rings. The van der Waals surface area contributed by atoms with Crippen LogP contribution in [0, 0.1) is 12.8 Å². The second-order valence-electron chi connectivity index (χ2n) is 9.80. The van der Waals surface area contributed by atoms with Crippen molar-refractivity contribution in [2.24, 2.45) is 5.92 Å². The Hall–Kier alpha value is -4.30. The zero-order valence-corrected chi connectivity index (χ0v) is 22.7. The van der Waals surface area contributed by atoms with E-state index >= 15 is 0 Å². The molecule has 1 aliphatic heterocycles. The summed E-state index contributed by atoms with van der Waals surface area (Å²) in [5.74, 6) is 1.63. The SMILES string of the molecule is COc1ccccc1-c1ccc(N2CCC(C(=O)Nc3ccc(-c4nc5ccc(C)cc5s4)cc3)CC2)nn1. The minimum atomic E-state index is -0.0331. The molecular weight excluding hydrogens is 506 g/mol. The summed E-state index contributed by atoms with van der Waals surface area (Å²) >= 11 is 1.69. The third kappa shape index (κ3) is 5.33. The Labute approximate surface area is 231 Å². The number of aromatic nitrogens is 3. The number of nitrogens with one attached hydrogen (secondary N) is 1. The van der Waals surface area contributed by atoms with Crippen molar-refractivity contribution in [2.45, 2.75) is 19.8 Å². The molecule has 0 saturated carbocycles. The maximum absolute atomic E-state index is 13.0. The van der Waals surface area contributed by atoms with E-state index in [-0.39, 0.29) is 11.8 Å². The van der Waals surface area contributed by atoms with Gasteiger partial charge in [0.25, 0.3) is 0 Å². The number of piperidine rings is 1. The number of methoxy groups -OCH3 is 1. The summed E-state index contributed by atoms with van der Waals surface area (Å²) in [5, 5.41) is 13.0. The molecule has 0 atom stereocenters. The molecule has 1 saturated heterocycles. The predicted octanol–water partition coefficient (Wildman–Crippen LogP) is 6.59. The Bertz CT molecular complexity index is 1610.